The predicted molar refractivity (Wildman–Crippen MR) is 158 cm³/mol. The number of benzene rings is 3. The molecule has 0 N–H and O–H groups in total. The van der Waals surface area contributed by atoms with Crippen LogP contribution >= 0.6 is 0 Å². The van der Waals surface area contributed by atoms with Crippen molar-refractivity contribution in [3.63, 3.8) is 0 Å². The lowest BCUT2D eigenvalue weighted by Gasteiger charge is -2.37. The Labute approximate surface area is 221 Å². The van der Waals surface area contributed by atoms with E-state index in [4.69, 9.17) is 0 Å². The molecule has 1 atom stereocenters. The molecule has 0 saturated heterocycles. The first-order chi connectivity index (χ1) is 18.4. The van der Waals surface area contributed by atoms with Crippen molar-refractivity contribution in [1.82, 2.24) is 0 Å². The number of rotatable bonds is 6. The number of hydrogen-bond donors (Lipinski definition) is 0. The van der Waals surface area contributed by atoms with E-state index in [1.165, 1.54) is 44.8 Å². The number of nitrogens with zero attached hydrogens (tertiary/aromatic N) is 1. The van der Waals surface area contributed by atoms with Crippen LogP contribution in [0.25, 0.3) is 16.7 Å². The fourth-order valence-corrected chi connectivity index (χ4v) is 5.59. The molecular weight excluding hydrogens is 446 g/mol. The van der Waals surface area contributed by atoms with Gasteiger partial charge >= 0.3 is 0 Å². The molecule has 0 unspecified atom stereocenters. The lowest BCUT2D eigenvalue weighted by molar-refractivity contribution is 0.753. The molecule has 3 aliphatic rings. The smallest absolute Gasteiger partial charge is 0.0565 e. The summed E-state index contributed by atoms with van der Waals surface area (Å²) in [6, 6.07) is 30.9. The normalized spacial score (nSPS) is 19.0. The minimum absolute atomic E-state index is 0.246. The molecule has 0 fully saturated rings. The van der Waals surface area contributed by atoms with Crippen LogP contribution in [-0.4, -0.2) is 6.04 Å². The van der Waals surface area contributed by atoms with Crippen molar-refractivity contribution < 1.29 is 0 Å². The lowest BCUT2D eigenvalue weighted by Crippen LogP contribution is -2.35. The maximum Gasteiger partial charge on any atom is 0.0565 e. The molecule has 0 heterocycles. The summed E-state index contributed by atoms with van der Waals surface area (Å²) in [6.07, 6.45) is 24.4. The molecule has 0 saturated carbocycles. The molecular formula is C36H33N. The molecule has 0 radical (unpaired) electrons. The van der Waals surface area contributed by atoms with Crippen molar-refractivity contribution in [3.05, 3.63) is 156 Å². The van der Waals surface area contributed by atoms with Gasteiger partial charge in [0.1, 0.15) is 0 Å². The quantitative estimate of drug-likeness (QED) is 0.340. The zero-order valence-electron chi connectivity index (χ0n) is 21.3. The fourth-order valence-electron chi connectivity index (χ4n) is 5.59. The van der Waals surface area contributed by atoms with E-state index in [1.54, 1.807) is 0 Å². The highest BCUT2D eigenvalue weighted by Gasteiger charge is 2.26. The summed E-state index contributed by atoms with van der Waals surface area (Å²) < 4.78 is 0. The van der Waals surface area contributed by atoms with Crippen molar-refractivity contribution in [1.29, 1.82) is 0 Å². The van der Waals surface area contributed by atoms with Crippen LogP contribution < -0.4 is 4.90 Å². The Morgan fingerprint density at radius 2 is 1.19 bits per heavy atom. The summed E-state index contributed by atoms with van der Waals surface area (Å²) in [5.41, 5.74) is 10.3. The summed E-state index contributed by atoms with van der Waals surface area (Å²) >= 11 is 0. The third-order valence-electron chi connectivity index (χ3n) is 7.43. The average molecular weight is 480 g/mol. The van der Waals surface area contributed by atoms with Crippen LogP contribution in [0.2, 0.25) is 0 Å². The van der Waals surface area contributed by atoms with Crippen molar-refractivity contribution in [2.75, 3.05) is 4.90 Å². The van der Waals surface area contributed by atoms with Gasteiger partial charge < -0.3 is 4.90 Å². The third kappa shape index (κ3) is 5.08. The monoisotopic (exact) mass is 479 g/mol. The van der Waals surface area contributed by atoms with Crippen LogP contribution in [0.3, 0.4) is 0 Å². The molecule has 0 spiro atoms. The second kappa shape index (κ2) is 10.9. The summed E-state index contributed by atoms with van der Waals surface area (Å²) in [5.74, 6) is 0. The van der Waals surface area contributed by atoms with E-state index in [0.29, 0.717) is 0 Å². The second-order valence-corrected chi connectivity index (χ2v) is 9.90. The Bertz CT molecular complexity index is 1410. The summed E-state index contributed by atoms with van der Waals surface area (Å²) in [6.45, 7) is 0. The first-order valence-corrected chi connectivity index (χ1v) is 13.5. The standard InChI is InChI=1S/C36H33N/c1-4-13-28(14-5-1)30-23-25-33(26-24-30)37(34-20-12-19-32(27-34)29-15-6-2-7-16-29)36-22-11-10-21-35(36)31-17-8-3-9-18-31/h1,3-6,8-9,12-19,21-27,34H,2,7,10-11,20H2/t34-/m1/s1. The van der Waals surface area contributed by atoms with E-state index < -0.39 is 0 Å². The molecule has 0 aromatic heterocycles. The molecule has 3 aliphatic carbocycles. The first-order valence-electron chi connectivity index (χ1n) is 13.5. The van der Waals surface area contributed by atoms with Gasteiger partial charge in [-0.15, -0.1) is 0 Å². The highest BCUT2D eigenvalue weighted by Crippen LogP contribution is 2.38. The summed E-state index contributed by atoms with van der Waals surface area (Å²) in [7, 11) is 0. The van der Waals surface area contributed by atoms with E-state index >= 15 is 0 Å². The Kier molecular flexibility index (Phi) is 6.86. The van der Waals surface area contributed by atoms with Crippen molar-refractivity contribution in [3.8, 4) is 11.1 Å². The Hall–Kier alpha value is -4.10. The first kappa shape index (κ1) is 23.3. The largest absolute Gasteiger partial charge is 0.334 e. The number of anilines is 1. The maximum absolute atomic E-state index is 2.57. The van der Waals surface area contributed by atoms with Gasteiger partial charge in [-0.05, 0) is 72.1 Å². The van der Waals surface area contributed by atoms with Crippen LogP contribution in [-0.2, 0) is 0 Å². The minimum Gasteiger partial charge on any atom is -0.334 e. The molecule has 3 aromatic carbocycles. The van der Waals surface area contributed by atoms with Gasteiger partial charge in [0.2, 0.25) is 0 Å². The van der Waals surface area contributed by atoms with Crippen LogP contribution in [0.15, 0.2) is 150 Å². The second-order valence-electron chi connectivity index (χ2n) is 9.90. The van der Waals surface area contributed by atoms with Gasteiger partial charge in [0.15, 0.2) is 0 Å². The maximum atomic E-state index is 2.57. The molecule has 182 valence electrons. The Morgan fingerprint density at radius 3 is 1.92 bits per heavy atom. The molecule has 1 heteroatoms. The molecule has 6 rings (SSSR count). The van der Waals surface area contributed by atoms with Gasteiger partial charge in [-0.2, -0.15) is 0 Å². The van der Waals surface area contributed by atoms with E-state index in [0.717, 1.165) is 32.1 Å². The fraction of sp³-hybridized carbons (Fsp3) is 0.167. The van der Waals surface area contributed by atoms with Gasteiger partial charge in [-0.3, -0.25) is 0 Å². The van der Waals surface area contributed by atoms with Crippen molar-refractivity contribution >= 4 is 11.3 Å². The van der Waals surface area contributed by atoms with E-state index in [9.17, 15) is 0 Å². The Balaban J connectivity index is 1.42. The molecule has 3 aromatic rings. The highest BCUT2D eigenvalue weighted by molar-refractivity contribution is 5.85. The molecule has 1 nitrogen and oxygen atoms in total. The van der Waals surface area contributed by atoms with Gasteiger partial charge in [0.05, 0.1) is 6.04 Å². The minimum atomic E-state index is 0.246. The van der Waals surface area contributed by atoms with Crippen molar-refractivity contribution in [2.24, 2.45) is 0 Å². The Morgan fingerprint density at radius 1 is 0.541 bits per heavy atom. The zero-order chi connectivity index (χ0) is 24.9. The topological polar surface area (TPSA) is 3.24 Å². The SMILES string of the molecule is C1=CC(C2=C[C@H](N(C3=CCCC=C3c3ccccc3)c3ccc(-c4ccccc4)cc3)CC=C2)=CCC1. The van der Waals surface area contributed by atoms with Gasteiger partial charge in [0, 0.05) is 17.0 Å². The van der Waals surface area contributed by atoms with Gasteiger partial charge in [-0.25, -0.2) is 0 Å². The summed E-state index contributed by atoms with van der Waals surface area (Å²) in [4.78, 5) is 2.57. The van der Waals surface area contributed by atoms with Crippen molar-refractivity contribution in [2.45, 2.75) is 38.1 Å². The zero-order valence-corrected chi connectivity index (χ0v) is 21.3. The predicted octanol–water partition coefficient (Wildman–Crippen LogP) is 9.45. The van der Waals surface area contributed by atoms with Gasteiger partial charge in [0.25, 0.3) is 0 Å². The van der Waals surface area contributed by atoms with Gasteiger partial charge in [-0.1, -0.05) is 121 Å². The number of allylic oxidation sites excluding steroid dienone is 9. The molecule has 37 heavy (non-hydrogen) atoms. The lowest BCUT2D eigenvalue weighted by atomic mass is 9.90. The van der Waals surface area contributed by atoms with E-state index in [2.05, 4.69) is 138 Å². The van der Waals surface area contributed by atoms with Crippen LogP contribution in [0.4, 0.5) is 5.69 Å². The molecule has 0 bridgehead atoms. The van der Waals surface area contributed by atoms with Crippen LogP contribution in [0.5, 0.6) is 0 Å². The van der Waals surface area contributed by atoms with Crippen LogP contribution in [0.1, 0.15) is 37.7 Å². The third-order valence-corrected chi connectivity index (χ3v) is 7.43. The number of hydrogen-bond acceptors (Lipinski definition) is 1. The average Bonchev–Trinajstić information content (AvgIpc) is 2.99. The molecule has 0 aliphatic heterocycles. The molecule has 0 amide bonds. The highest BCUT2D eigenvalue weighted by atomic mass is 15.2. The van der Waals surface area contributed by atoms with Crippen LogP contribution in [0, 0.1) is 0 Å². The van der Waals surface area contributed by atoms with E-state index in [-0.39, 0.29) is 6.04 Å². The van der Waals surface area contributed by atoms with E-state index in [1.807, 2.05) is 0 Å². The summed E-state index contributed by atoms with van der Waals surface area (Å²) in [5, 5.41) is 0.